The number of hydrogen-bond donors (Lipinski definition) is 1. The van der Waals surface area contributed by atoms with E-state index in [1.54, 1.807) is 23.7 Å². The van der Waals surface area contributed by atoms with Crippen LogP contribution in [0.25, 0.3) is 5.69 Å². The molecule has 7 heteroatoms. The van der Waals surface area contributed by atoms with Crippen LogP contribution in [0.4, 0.5) is 4.39 Å². The van der Waals surface area contributed by atoms with Gasteiger partial charge in [0.05, 0.1) is 29.6 Å². The first-order valence-electron chi connectivity index (χ1n) is 8.11. The number of halogens is 1. The van der Waals surface area contributed by atoms with Gasteiger partial charge < -0.3 is 10.0 Å². The standard InChI is InChI=1S/C18H22FN3O3/c1-12(2)11-21(9-8-17(23)24)18(25)16-10-20-22(13(16)3)15-6-4-14(19)5-7-15/h4-7,10,12H,8-9,11H2,1-3H3,(H,23,24). The fraction of sp³-hybridized carbons (Fsp3) is 0.389. The Bertz CT molecular complexity index is 753. The number of amides is 1. The number of benzene rings is 1. The summed E-state index contributed by atoms with van der Waals surface area (Å²) in [4.78, 5) is 25.2. The van der Waals surface area contributed by atoms with Crippen molar-refractivity contribution in [1.29, 1.82) is 0 Å². The highest BCUT2D eigenvalue weighted by Crippen LogP contribution is 2.17. The predicted molar refractivity (Wildman–Crippen MR) is 91.3 cm³/mol. The first kappa shape index (κ1) is 18.6. The maximum atomic E-state index is 13.1. The highest BCUT2D eigenvalue weighted by molar-refractivity contribution is 5.95. The summed E-state index contributed by atoms with van der Waals surface area (Å²) < 4.78 is 14.6. The van der Waals surface area contributed by atoms with Gasteiger partial charge in [-0.25, -0.2) is 9.07 Å². The summed E-state index contributed by atoms with van der Waals surface area (Å²) >= 11 is 0. The summed E-state index contributed by atoms with van der Waals surface area (Å²) in [6.45, 7) is 6.31. The SMILES string of the molecule is Cc1c(C(=O)N(CCC(=O)O)CC(C)C)cnn1-c1ccc(F)cc1. The Labute approximate surface area is 145 Å². The average Bonchev–Trinajstić information content (AvgIpc) is 2.92. The molecule has 0 spiro atoms. The smallest absolute Gasteiger partial charge is 0.305 e. The Balaban J connectivity index is 2.27. The third-order valence-corrected chi connectivity index (χ3v) is 3.78. The van der Waals surface area contributed by atoms with Crippen molar-refractivity contribution in [2.75, 3.05) is 13.1 Å². The lowest BCUT2D eigenvalue weighted by atomic mass is 10.1. The summed E-state index contributed by atoms with van der Waals surface area (Å²) in [5.41, 5.74) is 1.69. The minimum atomic E-state index is -0.944. The van der Waals surface area contributed by atoms with Crippen LogP contribution in [0.3, 0.4) is 0 Å². The molecule has 1 amide bonds. The molecule has 25 heavy (non-hydrogen) atoms. The van der Waals surface area contributed by atoms with E-state index in [4.69, 9.17) is 5.11 Å². The molecule has 0 radical (unpaired) electrons. The van der Waals surface area contributed by atoms with Gasteiger partial charge in [-0.05, 0) is 37.1 Å². The largest absolute Gasteiger partial charge is 0.481 e. The van der Waals surface area contributed by atoms with E-state index in [1.807, 2.05) is 13.8 Å². The maximum absolute atomic E-state index is 13.1. The van der Waals surface area contributed by atoms with Crippen molar-refractivity contribution in [2.24, 2.45) is 5.92 Å². The molecule has 2 aromatic rings. The summed E-state index contributed by atoms with van der Waals surface area (Å²) in [6, 6.07) is 5.82. The third-order valence-electron chi connectivity index (χ3n) is 3.78. The van der Waals surface area contributed by atoms with Crippen LogP contribution in [0.5, 0.6) is 0 Å². The van der Waals surface area contributed by atoms with Crippen molar-refractivity contribution in [3.63, 3.8) is 0 Å². The Morgan fingerprint density at radius 2 is 1.92 bits per heavy atom. The Hall–Kier alpha value is -2.70. The summed E-state index contributed by atoms with van der Waals surface area (Å²) in [5, 5.41) is 13.1. The van der Waals surface area contributed by atoms with Crippen molar-refractivity contribution in [2.45, 2.75) is 27.2 Å². The number of carbonyl (C=O) groups is 2. The van der Waals surface area contributed by atoms with Crippen molar-refractivity contribution in [3.05, 3.63) is 47.5 Å². The molecule has 0 aliphatic rings. The fourth-order valence-corrected chi connectivity index (χ4v) is 2.58. The molecule has 0 bridgehead atoms. The number of aliphatic carboxylic acids is 1. The van der Waals surface area contributed by atoms with Crippen LogP contribution in [0, 0.1) is 18.7 Å². The summed E-state index contributed by atoms with van der Waals surface area (Å²) in [7, 11) is 0. The van der Waals surface area contributed by atoms with Crippen LogP contribution < -0.4 is 0 Å². The second kappa shape index (κ2) is 7.92. The molecule has 134 valence electrons. The van der Waals surface area contributed by atoms with Crippen LogP contribution >= 0.6 is 0 Å². The van der Waals surface area contributed by atoms with Crippen molar-refractivity contribution < 1.29 is 19.1 Å². The minimum absolute atomic E-state index is 0.108. The molecule has 0 saturated heterocycles. The van der Waals surface area contributed by atoms with Gasteiger partial charge in [-0.2, -0.15) is 5.10 Å². The monoisotopic (exact) mass is 347 g/mol. The van der Waals surface area contributed by atoms with Crippen LogP contribution in [0.2, 0.25) is 0 Å². The van der Waals surface area contributed by atoms with Crippen molar-refractivity contribution in [3.8, 4) is 5.69 Å². The molecule has 2 rings (SSSR count). The number of carboxylic acids is 1. The number of carbonyl (C=O) groups excluding carboxylic acids is 1. The zero-order chi connectivity index (χ0) is 18.6. The van der Waals surface area contributed by atoms with E-state index in [0.717, 1.165) is 0 Å². The third kappa shape index (κ3) is 4.65. The first-order valence-corrected chi connectivity index (χ1v) is 8.11. The molecule has 0 atom stereocenters. The Morgan fingerprint density at radius 3 is 2.48 bits per heavy atom. The van der Waals surface area contributed by atoms with Crippen LogP contribution in [-0.4, -0.2) is 44.8 Å². The lowest BCUT2D eigenvalue weighted by Gasteiger charge is -2.23. The predicted octanol–water partition coefficient (Wildman–Crippen LogP) is 2.89. The van der Waals surface area contributed by atoms with Gasteiger partial charge in [0.2, 0.25) is 0 Å². The van der Waals surface area contributed by atoms with E-state index in [2.05, 4.69) is 5.10 Å². The first-order chi connectivity index (χ1) is 11.8. The van der Waals surface area contributed by atoms with Crippen molar-refractivity contribution in [1.82, 2.24) is 14.7 Å². The quantitative estimate of drug-likeness (QED) is 0.836. The van der Waals surface area contributed by atoms with Gasteiger partial charge in [0.1, 0.15) is 5.82 Å². The molecular formula is C18H22FN3O3. The summed E-state index contributed by atoms with van der Waals surface area (Å²) in [5.74, 6) is -1.33. The normalized spacial score (nSPS) is 10.9. The molecular weight excluding hydrogens is 325 g/mol. The molecule has 6 nitrogen and oxygen atoms in total. The molecule has 0 aliphatic heterocycles. The second-order valence-corrected chi connectivity index (χ2v) is 6.32. The molecule has 1 aromatic carbocycles. The number of carboxylic acid groups (broad SMARTS) is 1. The Morgan fingerprint density at radius 1 is 1.28 bits per heavy atom. The van der Waals surface area contributed by atoms with Gasteiger partial charge >= 0.3 is 5.97 Å². The van der Waals surface area contributed by atoms with Gasteiger partial charge in [-0.15, -0.1) is 0 Å². The fourth-order valence-electron chi connectivity index (χ4n) is 2.58. The van der Waals surface area contributed by atoms with E-state index < -0.39 is 5.97 Å². The number of rotatable bonds is 7. The van der Waals surface area contributed by atoms with E-state index >= 15 is 0 Å². The Kier molecular flexibility index (Phi) is 5.90. The van der Waals surface area contributed by atoms with Gasteiger partial charge in [0.15, 0.2) is 0 Å². The topological polar surface area (TPSA) is 75.4 Å². The minimum Gasteiger partial charge on any atom is -0.481 e. The van der Waals surface area contributed by atoms with Crippen LogP contribution in [-0.2, 0) is 4.79 Å². The lowest BCUT2D eigenvalue weighted by molar-refractivity contribution is -0.137. The van der Waals surface area contributed by atoms with E-state index in [0.29, 0.717) is 23.5 Å². The molecule has 0 saturated carbocycles. The molecule has 1 heterocycles. The second-order valence-electron chi connectivity index (χ2n) is 6.32. The molecule has 0 unspecified atom stereocenters. The van der Waals surface area contributed by atoms with Gasteiger partial charge in [0.25, 0.3) is 5.91 Å². The highest BCUT2D eigenvalue weighted by atomic mass is 19.1. The van der Waals surface area contributed by atoms with Crippen LogP contribution in [0.1, 0.15) is 36.3 Å². The van der Waals surface area contributed by atoms with E-state index in [-0.39, 0.29) is 30.6 Å². The zero-order valence-corrected chi connectivity index (χ0v) is 14.6. The molecule has 0 aliphatic carbocycles. The highest BCUT2D eigenvalue weighted by Gasteiger charge is 2.22. The number of nitrogens with zero attached hydrogens (tertiary/aromatic N) is 3. The maximum Gasteiger partial charge on any atom is 0.305 e. The van der Waals surface area contributed by atoms with Gasteiger partial charge in [0, 0.05) is 13.1 Å². The molecule has 1 N–H and O–H groups in total. The van der Waals surface area contributed by atoms with Crippen molar-refractivity contribution >= 4 is 11.9 Å². The lowest BCUT2D eigenvalue weighted by Crippen LogP contribution is -2.36. The van der Waals surface area contributed by atoms with Gasteiger partial charge in [-0.1, -0.05) is 13.8 Å². The average molecular weight is 347 g/mol. The summed E-state index contributed by atoms with van der Waals surface area (Å²) in [6.07, 6.45) is 1.36. The van der Waals surface area contributed by atoms with E-state index in [9.17, 15) is 14.0 Å². The van der Waals surface area contributed by atoms with E-state index in [1.165, 1.54) is 23.2 Å². The zero-order valence-electron chi connectivity index (χ0n) is 14.6. The molecule has 0 fully saturated rings. The van der Waals surface area contributed by atoms with Gasteiger partial charge in [-0.3, -0.25) is 9.59 Å². The van der Waals surface area contributed by atoms with Crippen LogP contribution in [0.15, 0.2) is 30.5 Å². The number of aromatic nitrogens is 2. The molecule has 1 aromatic heterocycles. The number of hydrogen-bond acceptors (Lipinski definition) is 3.